The molecule has 126 valence electrons. The second-order valence-corrected chi connectivity index (χ2v) is 6.07. The molecule has 0 aliphatic rings. The summed E-state index contributed by atoms with van der Waals surface area (Å²) in [6.07, 6.45) is 1.20. The van der Waals surface area contributed by atoms with Crippen LogP contribution in [0.2, 0.25) is 0 Å². The Bertz CT molecular complexity index is 910. The summed E-state index contributed by atoms with van der Waals surface area (Å²) in [6.45, 7) is 0. The highest BCUT2D eigenvalue weighted by atomic mass is 32.1. The summed E-state index contributed by atoms with van der Waals surface area (Å²) in [5, 5.41) is 6.22. The molecule has 0 aliphatic carbocycles. The maximum absolute atomic E-state index is 13.4. The summed E-state index contributed by atoms with van der Waals surface area (Å²) < 4.78 is 26.2. The van der Waals surface area contributed by atoms with Crippen LogP contribution in [-0.2, 0) is 11.2 Å². The fraction of sp³-hybridized carbons (Fsp3) is 0.0556. The van der Waals surface area contributed by atoms with Gasteiger partial charge in [-0.1, -0.05) is 30.3 Å². The summed E-state index contributed by atoms with van der Waals surface area (Å²) in [4.78, 5) is 16.3. The number of carbonyl (C=O) groups excluding carboxylic acids is 1. The molecule has 25 heavy (non-hydrogen) atoms. The Morgan fingerprint density at radius 3 is 2.76 bits per heavy atom. The summed E-state index contributed by atoms with van der Waals surface area (Å²) >= 11 is 1.38. The van der Waals surface area contributed by atoms with Crippen molar-refractivity contribution in [1.82, 2.24) is 10.4 Å². The molecule has 0 saturated carbocycles. The first-order valence-electron chi connectivity index (χ1n) is 7.38. The molecule has 0 spiro atoms. The monoisotopic (exact) mass is 357 g/mol. The minimum Gasteiger partial charge on any atom is -0.273 e. The van der Waals surface area contributed by atoms with Gasteiger partial charge in [-0.3, -0.25) is 4.79 Å². The second-order valence-electron chi connectivity index (χ2n) is 5.13. The number of hydrazone groups is 1. The summed E-state index contributed by atoms with van der Waals surface area (Å²) in [5.74, 6) is -1.78. The van der Waals surface area contributed by atoms with Gasteiger partial charge in [0.25, 0.3) is 0 Å². The molecule has 4 nitrogen and oxygen atoms in total. The van der Waals surface area contributed by atoms with Gasteiger partial charge in [0.05, 0.1) is 18.3 Å². The van der Waals surface area contributed by atoms with E-state index < -0.39 is 11.6 Å². The SMILES string of the molecule is O=C(Cc1nc(-c2ccccc2)cs1)N/N=C\c1ccc(F)cc1F. The van der Waals surface area contributed by atoms with Gasteiger partial charge in [0, 0.05) is 22.6 Å². The Labute approximate surface area is 146 Å². The van der Waals surface area contributed by atoms with Crippen molar-refractivity contribution in [3.63, 3.8) is 0 Å². The average Bonchev–Trinajstić information content (AvgIpc) is 3.06. The Morgan fingerprint density at radius 1 is 1.20 bits per heavy atom. The third-order valence-electron chi connectivity index (χ3n) is 3.29. The van der Waals surface area contributed by atoms with Crippen molar-refractivity contribution in [3.8, 4) is 11.3 Å². The Morgan fingerprint density at radius 2 is 2.00 bits per heavy atom. The van der Waals surface area contributed by atoms with Crippen LogP contribution in [0.3, 0.4) is 0 Å². The Balaban J connectivity index is 1.58. The number of nitrogens with zero attached hydrogens (tertiary/aromatic N) is 2. The first-order chi connectivity index (χ1) is 12.1. The lowest BCUT2D eigenvalue weighted by Gasteiger charge is -1.98. The number of thiazole rings is 1. The summed E-state index contributed by atoms with van der Waals surface area (Å²) in [6, 6.07) is 12.8. The molecule has 1 N–H and O–H groups in total. The smallest absolute Gasteiger partial charge is 0.246 e. The number of carbonyl (C=O) groups is 1. The van der Waals surface area contributed by atoms with Gasteiger partial charge in [0.15, 0.2) is 0 Å². The van der Waals surface area contributed by atoms with Crippen molar-refractivity contribution in [3.05, 3.63) is 76.1 Å². The Hall–Kier alpha value is -2.93. The normalized spacial score (nSPS) is 11.0. The van der Waals surface area contributed by atoms with Crippen molar-refractivity contribution in [2.45, 2.75) is 6.42 Å². The van der Waals surface area contributed by atoms with Gasteiger partial charge in [-0.15, -0.1) is 11.3 Å². The molecule has 1 heterocycles. The average molecular weight is 357 g/mol. The highest BCUT2D eigenvalue weighted by molar-refractivity contribution is 7.10. The molecule has 1 amide bonds. The largest absolute Gasteiger partial charge is 0.273 e. The maximum Gasteiger partial charge on any atom is 0.246 e. The van der Waals surface area contributed by atoms with Gasteiger partial charge in [-0.05, 0) is 12.1 Å². The van der Waals surface area contributed by atoms with Crippen LogP contribution in [0.4, 0.5) is 8.78 Å². The lowest BCUT2D eigenvalue weighted by molar-refractivity contribution is -0.120. The van der Waals surface area contributed by atoms with Crippen LogP contribution in [0, 0.1) is 11.6 Å². The van der Waals surface area contributed by atoms with Crippen LogP contribution in [0.25, 0.3) is 11.3 Å². The highest BCUT2D eigenvalue weighted by Gasteiger charge is 2.08. The number of halogens is 2. The van der Waals surface area contributed by atoms with Crippen LogP contribution in [-0.4, -0.2) is 17.1 Å². The number of hydrogen-bond donors (Lipinski definition) is 1. The van der Waals surface area contributed by atoms with Crippen molar-refractivity contribution in [2.75, 3.05) is 0 Å². The van der Waals surface area contributed by atoms with Crippen LogP contribution in [0.5, 0.6) is 0 Å². The molecule has 0 fully saturated rings. The van der Waals surface area contributed by atoms with E-state index >= 15 is 0 Å². The lowest BCUT2D eigenvalue weighted by Crippen LogP contribution is -2.19. The number of hydrogen-bond acceptors (Lipinski definition) is 4. The lowest BCUT2D eigenvalue weighted by atomic mass is 10.2. The van der Waals surface area contributed by atoms with Gasteiger partial charge in [-0.25, -0.2) is 19.2 Å². The predicted octanol–water partition coefficient (Wildman–Crippen LogP) is 3.78. The van der Waals surface area contributed by atoms with E-state index in [2.05, 4.69) is 15.5 Å². The third-order valence-corrected chi connectivity index (χ3v) is 4.14. The van der Waals surface area contributed by atoms with Gasteiger partial charge in [0.2, 0.25) is 5.91 Å². The van der Waals surface area contributed by atoms with Crippen molar-refractivity contribution in [2.24, 2.45) is 5.10 Å². The number of nitrogens with one attached hydrogen (secondary N) is 1. The maximum atomic E-state index is 13.4. The highest BCUT2D eigenvalue weighted by Crippen LogP contribution is 2.21. The molecule has 7 heteroatoms. The topological polar surface area (TPSA) is 54.4 Å². The van der Waals surface area contributed by atoms with Crippen LogP contribution in [0.1, 0.15) is 10.6 Å². The summed E-state index contributed by atoms with van der Waals surface area (Å²) in [5.41, 5.74) is 4.18. The minimum absolute atomic E-state index is 0.0702. The van der Waals surface area contributed by atoms with Crippen molar-refractivity contribution < 1.29 is 13.6 Å². The van der Waals surface area contributed by atoms with E-state index in [0.717, 1.165) is 29.6 Å². The molecule has 1 aromatic heterocycles. The van der Waals surface area contributed by atoms with E-state index in [9.17, 15) is 13.6 Å². The fourth-order valence-corrected chi connectivity index (χ4v) is 2.89. The third kappa shape index (κ3) is 4.54. The first-order valence-corrected chi connectivity index (χ1v) is 8.26. The standard InChI is InChI=1S/C18H13F2N3OS/c19-14-7-6-13(15(20)8-14)10-21-23-17(24)9-18-22-16(11-25-18)12-4-2-1-3-5-12/h1-8,10-11H,9H2,(H,23,24)/b21-10-. The van der Waals surface area contributed by atoms with E-state index in [1.165, 1.54) is 17.4 Å². The molecule has 0 atom stereocenters. The zero-order valence-electron chi connectivity index (χ0n) is 12.9. The second kappa shape index (κ2) is 7.76. The van der Waals surface area contributed by atoms with E-state index in [0.29, 0.717) is 5.01 Å². The minimum atomic E-state index is -0.745. The van der Waals surface area contributed by atoms with Gasteiger partial charge < -0.3 is 0 Å². The van der Waals surface area contributed by atoms with Crippen molar-refractivity contribution in [1.29, 1.82) is 0 Å². The molecular formula is C18H13F2N3OS. The number of benzene rings is 2. The zero-order chi connectivity index (χ0) is 17.6. The molecule has 3 aromatic rings. The molecule has 2 aromatic carbocycles. The summed E-state index contributed by atoms with van der Waals surface area (Å²) in [7, 11) is 0. The number of amides is 1. The quantitative estimate of drug-likeness (QED) is 0.558. The van der Waals surface area contributed by atoms with E-state index in [-0.39, 0.29) is 17.9 Å². The molecule has 0 bridgehead atoms. The fourth-order valence-electron chi connectivity index (χ4n) is 2.09. The molecule has 3 rings (SSSR count). The molecule has 0 aliphatic heterocycles. The van der Waals surface area contributed by atoms with Crippen LogP contribution in [0.15, 0.2) is 59.0 Å². The zero-order valence-corrected chi connectivity index (χ0v) is 13.8. The van der Waals surface area contributed by atoms with E-state index in [1.807, 2.05) is 35.7 Å². The molecular weight excluding hydrogens is 344 g/mol. The van der Waals surface area contributed by atoms with Crippen LogP contribution >= 0.6 is 11.3 Å². The van der Waals surface area contributed by atoms with Gasteiger partial charge >= 0.3 is 0 Å². The van der Waals surface area contributed by atoms with Crippen molar-refractivity contribution >= 4 is 23.5 Å². The first kappa shape index (κ1) is 16.9. The van der Waals surface area contributed by atoms with Gasteiger partial charge in [-0.2, -0.15) is 5.10 Å². The van der Waals surface area contributed by atoms with E-state index in [4.69, 9.17) is 0 Å². The van der Waals surface area contributed by atoms with E-state index in [1.54, 1.807) is 0 Å². The van der Waals surface area contributed by atoms with Gasteiger partial charge in [0.1, 0.15) is 16.6 Å². The van der Waals surface area contributed by atoms with Crippen LogP contribution < -0.4 is 5.43 Å². The predicted molar refractivity (Wildman–Crippen MR) is 93.3 cm³/mol. The molecule has 0 radical (unpaired) electrons. The molecule has 0 unspecified atom stereocenters. The number of rotatable bonds is 5. The Kier molecular flexibility index (Phi) is 5.25. The molecule has 0 saturated heterocycles. The number of aromatic nitrogens is 1.